The van der Waals surface area contributed by atoms with Crippen LogP contribution in [0.4, 0.5) is 17.1 Å². The van der Waals surface area contributed by atoms with Crippen molar-refractivity contribution in [2.75, 3.05) is 23.7 Å². The second-order valence-electron chi connectivity index (χ2n) is 12.3. The molecule has 0 amide bonds. The second kappa shape index (κ2) is 8.02. The smallest absolute Gasteiger partial charge is 0.259 e. The lowest BCUT2D eigenvalue weighted by Crippen LogP contribution is -2.62. The lowest BCUT2D eigenvalue weighted by atomic mass is 9.32. The van der Waals surface area contributed by atoms with Gasteiger partial charge in [0, 0.05) is 27.0 Å². The molecule has 5 aromatic rings. The number of fused-ring (bicyclic) bond motifs is 6. The van der Waals surface area contributed by atoms with Gasteiger partial charge in [-0.05, 0) is 78.2 Å². The number of anilines is 3. The first-order valence-corrected chi connectivity index (χ1v) is 17.7. The Balaban J connectivity index is 1.39. The molecule has 0 saturated heterocycles. The van der Waals surface area contributed by atoms with Crippen LogP contribution in [0.5, 0.6) is 23.0 Å². The van der Waals surface area contributed by atoms with Crippen molar-refractivity contribution in [2.24, 2.45) is 0 Å². The van der Waals surface area contributed by atoms with E-state index in [-0.39, 0.29) is 6.71 Å². The molecule has 0 unspecified atom stereocenters. The highest BCUT2D eigenvalue weighted by Gasteiger charge is 2.43. The first kappa shape index (κ1) is 23.8. The third-order valence-corrected chi connectivity index (χ3v) is 13.2. The van der Waals surface area contributed by atoms with E-state index in [4.69, 9.17) is 9.47 Å². The van der Waals surface area contributed by atoms with Gasteiger partial charge in [0.15, 0.2) is 7.28 Å². The van der Waals surface area contributed by atoms with Crippen LogP contribution < -0.4 is 36.2 Å². The number of thiol groups is 1. The van der Waals surface area contributed by atoms with E-state index in [9.17, 15) is 0 Å². The molecule has 0 radical (unpaired) electrons. The monoisotopic (exact) mass is 539 g/mol. The van der Waals surface area contributed by atoms with Crippen LogP contribution in [0.1, 0.15) is 0 Å². The minimum absolute atomic E-state index is 0.0784. The molecule has 3 aliphatic heterocycles. The van der Waals surface area contributed by atoms with Crippen molar-refractivity contribution in [3.05, 3.63) is 103 Å². The molecule has 40 heavy (non-hydrogen) atoms. The van der Waals surface area contributed by atoms with Gasteiger partial charge in [-0.3, -0.25) is 0 Å². The summed E-state index contributed by atoms with van der Waals surface area (Å²) in [7, 11) is -1.44. The van der Waals surface area contributed by atoms with Gasteiger partial charge in [-0.2, -0.15) is 0 Å². The first-order valence-electron chi connectivity index (χ1n) is 14.1. The summed E-state index contributed by atoms with van der Waals surface area (Å²) in [6.45, 7) is 2.33. The summed E-state index contributed by atoms with van der Waals surface area (Å²) < 4.78 is 13.1. The van der Waals surface area contributed by atoms with Gasteiger partial charge < -0.3 is 14.4 Å². The van der Waals surface area contributed by atoms with Crippen LogP contribution in [0.15, 0.2) is 113 Å². The van der Waals surface area contributed by atoms with Gasteiger partial charge in [-0.25, -0.2) is 9.16 Å². The van der Waals surface area contributed by atoms with Crippen molar-refractivity contribution in [3.63, 3.8) is 0 Å². The molecular formula is C34H31B2NO2S. The number of ether oxygens (including phenoxy) is 2. The van der Waals surface area contributed by atoms with Gasteiger partial charge >= 0.3 is 0 Å². The highest BCUT2D eigenvalue weighted by molar-refractivity contribution is 8.48. The Morgan fingerprint density at radius 1 is 0.625 bits per heavy atom. The van der Waals surface area contributed by atoms with Gasteiger partial charge in [0.05, 0.1) is 11.4 Å². The molecule has 3 aliphatic rings. The molecule has 0 aliphatic carbocycles. The maximum atomic E-state index is 6.75. The molecular weight excluding hydrogens is 508 g/mol. The van der Waals surface area contributed by atoms with Crippen molar-refractivity contribution in [2.45, 2.75) is 16.6 Å². The van der Waals surface area contributed by atoms with Crippen LogP contribution in [0, 0.1) is 0 Å². The van der Waals surface area contributed by atoms with Gasteiger partial charge in [-0.1, -0.05) is 60.8 Å². The average molecular weight is 539 g/mol. The standard InChI is InChI=1S/C34H31B2NO2S/c1-35-23-20-22(37-25-13-6-9-18-31(25)40(2,3,4)32-19-10-7-14-26(32)37)21-30-33(23)36-24-12-5-8-15-27(24)38-28-16-11-17-29(39-30)34(28)36/h5-21,35,40H,1-4H3. The van der Waals surface area contributed by atoms with Gasteiger partial charge in [-0.15, -0.1) is 0 Å². The van der Waals surface area contributed by atoms with E-state index in [1.807, 2.05) is 12.1 Å². The highest BCUT2D eigenvalue weighted by atomic mass is 32.3. The zero-order valence-electron chi connectivity index (χ0n) is 23.3. The molecule has 0 spiro atoms. The molecule has 0 fully saturated rings. The summed E-state index contributed by atoms with van der Waals surface area (Å²) in [5, 5.41) is 0. The number of para-hydroxylation sites is 3. The van der Waals surface area contributed by atoms with E-state index in [0.717, 1.165) is 41.4 Å². The average Bonchev–Trinajstić information content (AvgIpc) is 2.96. The molecule has 196 valence electrons. The van der Waals surface area contributed by atoms with Crippen LogP contribution in [0.2, 0.25) is 6.82 Å². The van der Waals surface area contributed by atoms with Crippen molar-refractivity contribution < 1.29 is 9.47 Å². The van der Waals surface area contributed by atoms with E-state index in [2.05, 4.69) is 121 Å². The van der Waals surface area contributed by atoms with E-state index in [1.54, 1.807) is 0 Å². The normalized spacial score (nSPS) is 17.4. The fraction of sp³-hybridized carbons (Fsp3) is 0.118. The first-order chi connectivity index (χ1) is 19.3. The number of nitrogens with zero attached hydrogens (tertiary/aromatic N) is 1. The summed E-state index contributed by atoms with van der Waals surface area (Å²) in [6.07, 6.45) is 7.43. The zero-order chi connectivity index (χ0) is 27.2. The predicted octanol–water partition coefficient (Wildman–Crippen LogP) is 5.69. The quantitative estimate of drug-likeness (QED) is 0.226. The van der Waals surface area contributed by atoms with Crippen LogP contribution in [-0.4, -0.2) is 32.8 Å². The van der Waals surface area contributed by atoms with Crippen molar-refractivity contribution >= 4 is 62.1 Å². The van der Waals surface area contributed by atoms with E-state index >= 15 is 0 Å². The molecule has 8 rings (SSSR count). The second-order valence-corrected chi connectivity index (χ2v) is 18.9. The number of benzene rings is 5. The molecule has 3 nitrogen and oxygen atoms in total. The number of hydrogen-bond donors (Lipinski definition) is 1. The summed E-state index contributed by atoms with van der Waals surface area (Å²) in [6, 6.07) is 37.2. The molecule has 0 aromatic heterocycles. The Kier molecular flexibility index (Phi) is 4.78. The maximum absolute atomic E-state index is 6.75. The van der Waals surface area contributed by atoms with Crippen LogP contribution in [-0.2, 0) is 0 Å². The lowest BCUT2D eigenvalue weighted by Gasteiger charge is -2.58. The van der Waals surface area contributed by atoms with Crippen LogP contribution >= 0.6 is 9.16 Å². The number of hydrogen-bond acceptors (Lipinski definition) is 3. The molecule has 6 heteroatoms. The summed E-state index contributed by atoms with van der Waals surface area (Å²) in [5.74, 6) is 3.62. The third kappa shape index (κ3) is 3.11. The SMILES string of the molecule is CBc1cc(N2c3ccccc3[SH](C)(C)(C)c3ccccc32)cc2c1B1c3ccccc3Oc3cccc(c31)O2. The molecule has 5 aromatic carbocycles. The van der Waals surface area contributed by atoms with E-state index < -0.39 is 9.16 Å². The highest BCUT2D eigenvalue weighted by Crippen LogP contribution is 2.79. The maximum Gasteiger partial charge on any atom is 0.259 e. The molecule has 0 bridgehead atoms. The Bertz CT molecular complexity index is 1820. The van der Waals surface area contributed by atoms with Crippen molar-refractivity contribution in [3.8, 4) is 23.0 Å². The minimum Gasteiger partial charge on any atom is -0.458 e. The minimum atomic E-state index is -2.34. The topological polar surface area (TPSA) is 21.7 Å². The Morgan fingerprint density at radius 3 is 1.88 bits per heavy atom. The van der Waals surface area contributed by atoms with Crippen LogP contribution in [0.3, 0.4) is 0 Å². The Hall–Kier alpha value is -4.02. The molecule has 0 N–H and O–H groups in total. The summed E-state index contributed by atoms with van der Waals surface area (Å²) in [4.78, 5) is 5.34. The fourth-order valence-electron chi connectivity index (χ4n) is 7.16. The van der Waals surface area contributed by atoms with Crippen LogP contribution in [0.25, 0.3) is 0 Å². The summed E-state index contributed by atoms with van der Waals surface area (Å²) in [5.41, 5.74) is 8.56. The van der Waals surface area contributed by atoms with Gasteiger partial charge in [0.1, 0.15) is 23.0 Å². The Labute approximate surface area is 237 Å². The Morgan fingerprint density at radius 2 is 1.20 bits per heavy atom. The summed E-state index contributed by atoms with van der Waals surface area (Å²) >= 11 is 0. The predicted molar refractivity (Wildman–Crippen MR) is 175 cm³/mol. The third-order valence-electron chi connectivity index (χ3n) is 9.06. The largest absolute Gasteiger partial charge is 0.458 e. The van der Waals surface area contributed by atoms with E-state index in [0.29, 0.717) is 0 Å². The lowest BCUT2D eigenvalue weighted by molar-refractivity contribution is 0.465. The van der Waals surface area contributed by atoms with Gasteiger partial charge in [0.2, 0.25) is 0 Å². The fourth-order valence-corrected chi connectivity index (χ4v) is 10.6. The van der Waals surface area contributed by atoms with Crippen molar-refractivity contribution in [1.82, 2.24) is 0 Å². The number of rotatable bonds is 2. The zero-order valence-corrected chi connectivity index (χ0v) is 24.2. The van der Waals surface area contributed by atoms with E-state index in [1.165, 1.54) is 37.6 Å². The molecule has 0 saturated carbocycles. The molecule has 3 heterocycles. The van der Waals surface area contributed by atoms with Crippen molar-refractivity contribution in [1.29, 1.82) is 0 Å². The van der Waals surface area contributed by atoms with Gasteiger partial charge in [0.25, 0.3) is 6.71 Å². The molecule has 0 atom stereocenters.